The standard InChI is InChI=1S/C67H36N8/c1-41-29-42(38-68)31-48(30-41)58-37-67(75-62-32-43(50-14-6-5-13-47(50)39-69)21-25-54(62)57-28-24-46(35-65(57)75)53-17-9-12-20-61(53)73-4)66(36-49(58)40-70)74-63-33-44(51-15-7-10-18-59(51)71-2)22-26-55(63)56-27-23-45(34-64(56)74)52-16-8-11-19-60(52)72-3/h5-37H,1H3. The lowest BCUT2D eigenvalue weighted by atomic mass is 9.95. The number of rotatable bonds is 7. The Morgan fingerprint density at radius 3 is 1.15 bits per heavy atom. The third-order valence-electron chi connectivity index (χ3n) is 14.1. The predicted molar refractivity (Wildman–Crippen MR) is 300 cm³/mol. The second kappa shape index (κ2) is 18.2. The molecule has 12 aromatic rings. The number of benzene rings is 10. The third kappa shape index (κ3) is 7.41. The molecule has 0 radical (unpaired) electrons. The van der Waals surface area contributed by atoms with Gasteiger partial charge in [0, 0.05) is 27.1 Å². The number of hydrogen-bond donors (Lipinski definition) is 0. The summed E-state index contributed by atoms with van der Waals surface area (Å²) in [5.74, 6) is 0. The highest BCUT2D eigenvalue weighted by Gasteiger charge is 2.25. The van der Waals surface area contributed by atoms with E-state index in [9.17, 15) is 15.8 Å². The zero-order chi connectivity index (χ0) is 51.3. The van der Waals surface area contributed by atoms with E-state index >= 15 is 0 Å². The molecule has 0 aliphatic heterocycles. The quantitative estimate of drug-likeness (QED) is 0.149. The van der Waals surface area contributed by atoms with Gasteiger partial charge in [0.05, 0.1) is 88.1 Å². The molecule has 0 aliphatic rings. The number of nitriles is 3. The van der Waals surface area contributed by atoms with Crippen molar-refractivity contribution in [2.75, 3.05) is 0 Å². The summed E-state index contributed by atoms with van der Waals surface area (Å²) < 4.78 is 4.42. The summed E-state index contributed by atoms with van der Waals surface area (Å²) in [5, 5.41) is 35.7. The molecule has 10 aromatic carbocycles. The zero-order valence-corrected chi connectivity index (χ0v) is 40.1. The van der Waals surface area contributed by atoms with Crippen molar-refractivity contribution in [3.8, 4) is 85.2 Å². The molecule has 2 heterocycles. The van der Waals surface area contributed by atoms with Crippen LogP contribution in [0.1, 0.15) is 22.3 Å². The first kappa shape index (κ1) is 44.9. The van der Waals surface area contributed by atoms with E-state index in [1.54, 1.807) is 0 Å². The van der Waals surface area contributed by atoms with Crippen molar-refractivity contribution in [2.45, 2.75) is 6.92 Å². The minimum absolute atomic E-state index is 0.373. The fourth-order valence-corrected chi connectivity index (χ4v) is 10.8. The van der Waals surface area contributed by atoms with Gasteiger partial charge >= 0.3 is 0 Å². The van der Waals surface area contributed by atoms with Crippen molar-refractivity contribution in [1.29, 1.82) is 15.8 Å². The fraction of sp³-hybridized carbons (Fsp3) is 0.0149. The topological polar surface area (TPSA) is 94.3 Å². The van der Waals surface area contributed by atoms with Crippen LogP contribution >= 0.6 is 0 Å². The molecular formula is C67H36N8. The number of para-hydroxylation sites is 3. The van der Waals surface area contributed by atoms with Crippen molar-refractivity contribution >= 4 is 60.7 Å². The second-order valence-electron chi connectivity index (χ2n) is 18.3. The molecule has 0 aliphatic carbocycles. The van der Waals surface area contributed by atoms with Gasteiger partial charge in [-0.15, -0.1) is 0 Å². The predicted octanol–water partition coefficient (Wildman–Crippen LogP) is 17.8. The minimum atomic E-state index is 0.373. The maximum absolute atomic E-state index is 11.4. The largest absolute Gasteiger partial charge is 0.307 e. The van der Waals surface area contributed by atoms with E-state index < -0.39 is 0 Å². The first-order valence-electron chi connectivity index (χ1n) is 24.0. The summed E-state index contributed by atoms with van der Waals surface area (Å²) in [4.78, 5) is 11.7. The van der Waals surface area contributed by atoms with Crippen LogP contribution in [0, 0.1) is 60.6 Å². The number of hydrogen-bond acceptors (Lipinski definition) is 3. The van der Waals surface area contributed by atoms with Crippen LogP contribution in [0.4, 0.5) is 17.1 Å². The molecule has 0 unspecified atom stereocenters. The lowest BCUT2D eigenvalue weighted by Crippen LogP contribution is -2.06. The Labute approximate surface area is 432 Å². The summed E-state index contributed by atoms with van der Waals surface area (Å²) in [6.07, 6.45) is 0. The van der Waals surface area contributed by atoms with Crippen molar-refractivity contribution in [3.05, 3.63) is 257 Å². The van der Waals surface area contributed by atoms with E-state index in [2.05, 4.69) is 90.4 Å². The monoisotopic (exact) mass is 952 g/mol. The number of aromatic nitrogens is 2. The Morgan fingerprint density at radius 2 is 0.733 bits per heavy atom. The molecule has 8 heteroatoms. The Kier molecular flexibility index (Phi) is 10.9. The summed E-state index contributed by atoms with van der Waals surface area (Å²) >= 11 is 0. The SMILES string of the molecule is [C-]#[N+]c1ccccc1-c1ccc2c3ccc(-c4ccccc4C#N)cc3n(-c3cc(-c4cc(C)cc(C#N)c4)c(C#N)cc3-n3c4cc(-c5ccccc5[N+]#[C-])ccc4c4ccc(-c5ccccc5[N+]#[C-])cc43)c2c1. The van der Waals surface area contributed by atoms with Gasteiger partial charge in [-0.05, 0) is 117 Å². The summed E-state index contributed by atoms with van der Waals surface area (Å²) in [6.45, 7) is 26.3. The molecular weight excluding hydrogens is 917 g/mol. The van der Waals surface area contributed by atoms with Crippen LogP contribution in [-0.2, 0) is 0 Å². The molecule has 344 valence electrons. The highest BCUT2D eigenvalue weighted by atomic mass is 15.1. The van der Waals surface area contributed by atoms with Crippen molar-refractivity contribution < 1.29 is 0 Å². The van der Waals surface area contributed by atoms with Crippen LogP contribution in [0.5, 0.6) is 0 Å². The first-order chi connectivity index (χ1) is 36.8. The molecule has 12 rings (SSSR count). The number of nitrogens with zero attached hydrogens (tertiary/aromatic N) is 8. The van der Waals surface area contributed by atoms with Gasteiger partial charge in [0.1, 0.15) is 0 Å². The smallest absolute Gasteiger partial charge is 0.194 e. The fourth-order valence-electron chi connectivity index (χ4n) is 10.8. The maximum atomic E-state index is 11.4. The highest BCUT2D eigenvalue weighted by molar-refractivity contribution is 6.14. The molecule has 0 fully saturated rings. The van der Waals surface area contributed by atoms with E-state index in [1.165, 1.54) is 0 Å². The molecule has 0 atom stereocenters. The molecule has 0 saturated carbocycles. The molecule has 8 nitrogen and oxygen atoms in total. The minimum Gasteiger partial charge on any atom is -0.307 e. The lowest BCUT2D eigenvalue weighted by molar-refractivity contribution is 1.09. The molecule has 0 amide bonds. The van der Waals surface area contributed by atoms with E-state index in [1.807, 2.05) is 159 Å². The van der Waals surface area contributed by atoms with Crippen LogP contribution in [0.15, 0.2) is 200 Å². The van der Waals surface area contributed by atoms with E-state index in [4.69, 9.17) is 19.7 Å². The average Bonchev–Trinajstić information content (AvgIpc) is 3.98. The van der Waals surface area contributed by atoms with Crippen LogP contribution in [0.2, 0.25) is 0 Å². The first-order valence-corrected chi connectivity index (χ1v) is 24.0. The van der Waals surface area contributed by atoms with Gasteiger partial charge in [0.25, 0.3) is 0 Å². The summed E-state index contributed by atoms with van der Waals surface area (Å²) in [7, 11) is 0. The van der Waals surface area contributed by atoms with Gasteiger partial charge in [0.15, 0.2) is 17.1 Å². The van der Waals surface area contributed by atoms with Crippen LogP contribution in [0.3, 0.4) is 0 Å². The van der Waals surface area contributed by atoms with Crippen LogP contribution in [-0.4, -0.2) is 9.13 Å². The van der Waals surface area contributed by atoms with Crippen LogP contribution < -0.4 is 0 Å². The van der Waals surface area contributed by atoms with E-state index in [0.717, 1.165) is 93.7 Å². The van der Waals surface area contributed by atoms with Crippen molar-refractivity contribution in [2.24, 2.45) is 0 Å². The Bertz CT molecular complexity index is 4470. The lowest BCUT2D eigenvalue weighted by Gasteiger charge is -2.20. The molecule has 0 N–H and O–H groups in total. The van der Waals surface area contributed by atoms with Gasteiger partial charge < -0.3 is 9.13 Å². The van der Waals surface area contributed by atoms with Gasteiger partial charge in [-0.25, -0.2) is 14.5 Å². The Morgan fingerprint density at radius 1 is 0.347 bits per heavy atom. The zero-order valence-electron chi connectivity index (χ0n) is 40.1. The number of fused-ring (bicyclic) bond motifs is 6. The van der Waals surface area contributed by atoms with Crippen molar-refractivity contribution in [1.82, 2.24) is 9.13 Å². The van der Waals surface area contributed by atoms with Gasteiger partial charge in [-0.3, -0.25) is 0 Å². The molecule has 2 aromatic heterocycles. The normalized spacial score (nSPS) is 10.9. The van der Waals surface area contributed by atoms with Crippen molar-refractivity contribution in [3.63, 3.8) is 0 Å². The van der Waals surface area contributed by atoms with Gasteiger partial charge in [0.2, 0.25) is 0 Å². The highest BCUT2D eigenvalue weighted by Crippen LogP contribution is 2.46. The molecule has 0 bridgehead atoms. The summed E-state index contributed by atoms with van der Waals surface area (Å²) in [6, 6.07) is 72.2. The van der Waals surface area contributed by atoms with Crippen LogP contribution in [0.25, 0.3) is 125 Å². The maximum Gasteiger partial charge on any atom is 0.194 e. The number of aryl methyl sites for hydroxylation is 1. The van der Waals surface area contributed by atoms with E-state index in [-0.39, 0.29) is 0 Å². The molecule has 0 saturated heterocycles. The third-order valence-corrected chi connectivity index (χ3v) is 14.1. The van der Waals surface area contributed by atoms with Gasteiger partial charge in [-0.1, -0.05) is 146 Å². The second-order valence-corrected chi connectivity index (χ2v) is 18.3. The molecule has 75 heavy (non-hydrogen) atoms. The van der Waals surface area contributed by atoms with E-state index in [0.29, 0.717) is 56.3 Å². The van der Waals surface area contributed by atoms with Gasteiger partial charge in [-0.2, -0.15) is 15.8 Å². The molecule has 0 spiro atoms. The summed E-state index contributed by atoms with van der Waals surface area (Å²) in [5.41, 5.74) is 16.2. The Hall–Kier alpha value is -11.3. The Balaban J connectivity index is 1.29. The average molecular weight is 953 g/mol.